The molecular weight excluding hydrogens is 300 g/mol. The van der Waals surface area contributed by atoms with Gasteiger partial charge in [0.1, 0.15) is 0 Å². The van der Waals surface area contributed by atoms with E-state index in [1.807, 2.05) is 6.08 Å². The number of hydrogen-bond acceptors (Lipinski definition) is 3. The van der Waals surface area contributed by atoms with Crippen LogP contribution >= 0.6 is 0 Å². The van der Waals surface area contributed by atoms with Gasteiger partial charge in [-0.05, 0) is 66.6 Å². The van der Waals surface area contributed by atoms with Crippen molar-refractivity contribution >= 4 is 11.6 Å². The van der Waals surface area contributed by atoms with E-state index in [4.69, 9.17) is 0 Å². The molecule has 6 unspecified atom stereocenters. The molecular formula is C21H26O3. The van der Waals surface area contributed by atoms with E-state index in [9.17, 15) is 14.7 Å². The van der Waals surface area contributed by atoms with Crippen LogP contribution in [0, 0.1) is 28.6 Å². The lowest BCUT2D eigenvalue weighted by molar-refractivity contribution is -0.122. The molecule has 0 heterocycles. The number of Topliss-reactive ketones (excluding diaryl/α,β-unsaturated/α-hetero) is 1. The summed E-state index contributed by atoms with van der Waals surface area (Å²) in [6.07, 6.45) is 10.8. The van der Waals surface area contributed by atoms with Crippen molar-refractivity contribution in [2.75, 3.05) is 0 Å². The number of aliphatic hydroxyl groups excluding tert-OH is 1. The summed E-state index contributed by atoms with van der Waals surface area (Å²) in [5.74, 6) is 1.29. The van der Waals surface area contributed by atoms with Crippen LogP contribution in [0.25, 0.3) is 0 Å². The Morgan fingerprint density at radius 2 is 2.04 bits per heavy atom. The van der Waals surface area contributed by atoms with Gasteiger partial charge in [-0.25, -0.2) is 0 Å². The van der Waals surface area contributed by atoms with E-state index >= 15 is 0 Å². The molecule has 3 nitrogen and oxygen atoms in total. The zero-order valence-electron chi connectivity index (χ0n) is 14.7. The fraction of sp³-hybridized carbons (Fsp3) is 0.619. The maximum Gasteiger partial charge on any atom is 0.156 e. The van der Waals surface area contributed by atoms with Gasteiger partial charge in [-0.15, -0.1) is 0 Å². The third-order valence-electron chi connectivity index (χ3n) is 7.59. The average Bonchev–Trinajstić information content (AvgIpc) is 2.88. The number of rotatable bonds is 1. The van der Waals surface area contributed by atoms with Gasteiger partial charge < -0.3 is 5.11 Å². The van der Waals surface area contributed by atoms with Gasteiger partial charge in [-0.3, -0.25) is 9.59 Å². The minimum atomic E-state index is -0.497. The lowest BCUT2D eigenvalue weighted by Gasteiger charge is -2.57. The molecule has 0 saturated heterocycles. The molecule has 1 N–H and O–H groups in total. The Kier molecular flexibility index (Phi) is 3.34. The smallest absolute Gasteiger partial charge is 0.156 e. The lowest BCUT2D eigenvalue weighted by atomic mass is 9.48. The zero-order chi connectivity index (χ0) is 17.3. The molecule has 4 aliphatic rings. The van der Waals surface area contributed by atoms with Crippen molar-refractivity contribution in [3.63, 3.8) is 0 Å². The second-order valence-electron chi connectivity index (χ2n) is 8.58. The molecule has 0 amide bonds. The maximum absolute atomic E-state index is 12.1. The topological polar surface area (TPSA) is 54.4 Å². The van der Waals surface area contributed by atoms with E-state index in [2.05, 4.69) is 32.1 Å². The predicted molar refractivity (Wildman–Crippen MR) is 92.2 cm³/mol. The number of hydrogen-bond donors (Lipinski definition) is 1. The molecule has 4 rings (SSSR count). The standard InChI is InChI=1S/C21H26O3/c1-12(22)16-6-7-17-15-5-4-13-10-14(23)8-9-20(13,2)18(15)11-19(24)21(16,17)3/h4-6,10,15,17-19,24H,7-9,11H2,1-3H3. The van der Waals surface area contributed by atoms with Gasteiger partial charge in [-0.1, -0.05) is 32.1 Å². The molecule has 24 heavy (non-hydrogen) atoms. The van der Waals surface area contributed by atoms with Crippen molar-refractivity contribution in [1.29, 1.82) is 0 Å². The van der Waals surface area contributed by atoms with Gasteiger partial charge in [0.25, 0.3) is 0 Å². The van der Waals surface area contributed by atoms with Crippen molar-refractivity contribution < 1.29 is 14.7 Å². The van der Waals surface area contributed by atoms with Gasteiger partial charge in [0, 0.05) is 11.8 Å². The fourth-order valence-corrected chi connectivity index (χ4v) is 6.08. The summed E-state index contributed by atoms with van der Waals surface area (Å²) in [5.41, 5.74) is 1.49. The molecule has 0 aliphatic heterocycles. The van der Waals surface area contributed by atoms with Crippen LogP contribution in [0.5, 0.6) is 0 Å². The van der Waals surface area contributed by atoms with E-state index < -0.39 is 11.5 Å². The van der Waals surface area contributed by atoms with Crippen LogP contribution in [0.15, 0.2) is 35.5 Å². The highest BCUT2D eigenvalue weighted by molar-refractivity contribution is 5.95. The van der Waals surface area contributed by atoms with Gasteiger partial charge in [0.2, 0.25) is 0 Å². The van der Waals surface area contributed by atoms with E-state index in [1.165, 1.54) is 0 Å². The first-order valence-corrected chi connectivity index (χ1v) is 9.11. The molecule has 0 aromatic carbocycles. The van der Waals surface area contributed by atoms with Crippen molar-refractivity contribution in [3.05, 3.63) is 35.5 Å². The number of fused-ring (bicyclic) bond motifs is 5. The highest BCUT2D eigenvalue weighted by atomic mass is 16.3. The lowest BCUT2D eigenvalue weighted by Crippen LogP contribution is -2.54. The van der Waals surface area contributed by atoms with E-state index in [0.29, 0.717) is 24.7 Å². The van der Waals surface area contributed by atoms with Crippen molar-refractivity contribution in [2.24, 2.45) is 28.6 Å². The minimum absolute atomic E-state index is 0.0331. The van der Waals surface area contributed by atoms with E-state index in [0.717, 1.165) is 24.0 Å². The predicted octanol–water partition coefficient (Wildman–Crippen LogP) is 3.39. The van der Waals surface area contributed by atoms with Gasteiger partial charge in [0.05, 0.1) is 6.10 Å². The number of allylic oxidation sites excluding steroid dienone is 5. The van der Waals surface area contributed by atoms with Crippen molar-refractivity contribution in [1.82, 2.24) is 0 Å². The SMILES string of the molecule is CC(=O)C1=CCC2C3C=CC4=CC(=O)CCC4(C)C3CC(O)C12C. The van der Waals surface area contributed by atoms with E-state index in [-0.39, 0.29) is 22.9 Å². The highest BCUT2D eigenvalue weighted by Crippen LogP contribution is 2.63. The largest absolute Gasteiger partial charge is 0.392 e. The summed E-state index contributed by atoms with van der Waals surface area (Å²) in [7, 11) is 0. The molecule has 0 radical (unpaired) electrons. The summed E-state index contributed by atoms with van der Waals surface area (Å²) in [5, 5.41) is 11.1. The number of carbonyl (C=O) groups excluding carboxylic acids is 2. The summed E-state index contributed by atoms with van der Waals surface area (Å²) in [4.78, 5) is 23.9. The molecule has 1 saturated carbocycles. The fourth-order valence-electron chi connectivity index (χ4n) is 6.08. The Hall–Kier alpha value is -1.48. The average molecular weight is 326 g/mol. The van der Waals surface area contributed by atoms with Crippen molar-refractivity contribution in [2.45, 2.75) is 52.6 Å². The number of ketones is 2. The molecule has 0 bridgehead atoms. The Balaban J connectivity index is 1.78. The number of carbonyl (C=O) groups is 2. The first-order valence-electron chi connectivity index (χ1n) is 9.11. The van der Waals surface area contributed by atoms with E-state index in [1.54, 1.807) is 6.92 Å². The Morgan fingerprint density at radius 3 is 2.75 bits per heavy atom. The molecule has 0 aromatic heterocycles. The second-order valence-corrected chi connectivity index (χ2v) is 8.58. The molecule has 0 spiro atoms. The second kappa shape index (κ2) is 5.01. The van der Waals surface area contributed by atoms with Crippen LogP contribution in [0.3, 0.4) is 0 Å². The maximum atomic E-state index is 12.1. The Labute approximate surface area is 143 Å². The summed E-state index contributed by atoms with van der Waals surface area (Å²) >= 11 is 0. The molecule has 4 aliphatic carbocycles. The van der Waals surface area contributed by atoms with Crippen LogP contribution in [-0.4, -0.2) is 22.8 Å². The Bertz CT molecular complexity index is 713. The molecule has 128 valence electrons. The van der Waals surface area contributed by atoms with Crippen LogP contribution < -0.4 is 0 Å². The van der Waals surface area contributed by atoms with Gasteiger partial charge >= 0.3 is 0 Å². The first kappa shape index (κ1) is 16.0. The van der Waals surface area contributed by atoms with Crippen LogP contribution in [0.1, 0.15) is 46.5 Å². The molecule has 6 atom stereocenters. The summed E-state index contributed by atoms with van der Waals surface area (Å²) < 4.78 is 0. The van der Waals surface area contributed by atoms with Crippen LogP contribution in [0.2, 0.25) is 0 Å². The minimum Gasteiger partial charge on any atom is -0.392 e. The normalized spacial score (nSPS) is 46.6. The van der Waals surface area contributed by atoms with Gasteiger partial charge in [-0.2, -0.15) is 0 Å². The zero-order valence-corrected chi connectivity index (χ0v) is 14.7. The molecule has 1 fully saturated rings. The third-order valence-corrected chi connectivity index (χ3v) is 7.59. The quantitative estimate of drug-likeness (QED) is 0.803. The van der Waals surface area contributed by atoms with Gasteiger partial charge in [0.15, 0.2) is 11.6 Å². The third kappa shape index (κ3) is 1.88. The van der Waals surface area contributed by atoms with Crippen molar-refractivity contribution in [3.8, 4) is 0 Å². The highest BCUT2D eigenvalue weighted by Gasteiger charge is 2.60. The summed E-state index contributed by atoms with van der Waals surface area (Å²) in [6, 6.07) is 0. The van der Waals surface area contributed by atoms with Crippen LogP contribution in [-0.2, 0) is 9.59 Å². The van der Waals surface area contributed by atoms with Crippen LogP contribution in [0.4, 0.5) is 0 Å². The summed E-state index contributed by atoms with van der Waals surface area (Å²) in [6.45, 7) is 5.95. The Morgan fingerprint density at radius 1 is 1.29 bits per heavy atom. The monoisotopic (exact) mass is 326 g/mol. The number of aliphatic hydroxyl groups is 1. The molecule has 0 aromatic rings. The molecule has 3 heteroatoms. The first-order chi connectivity index (χ1) is 11.3.